The zero-order valence-corrected chi connectivity index (χ0v) is 14.8. The number of likely N-dealkylation sites (N-methyl/N-ethyl adjacent to an activating group) is 1. The molecule has 126 valence electrons. The average molecular weight is 344 g/mol. The Morgan fingerprint density at radius 1 is 1.08 bits per heavy atom. The highest BCUT2D eigenvalue weighted by molar-refractivity contribution is 6.33. The molecule has 1 saturated heterocycles. The minimum atomic E-state index is -0.114. The third-order valence-electron chi connectivity index (χ3n) is 4.44. The molecule has 3 rings (SSSR count). The third kappa shape index (κ3) is 3.71. The molecule has 2 aromatic rings. The number of nitrogens with one attached hydrogen (secondary N) is 1. The average Bonchev–Trinajstić information content (AvgIpc) is 2.56. The lowest BCUT2D eigenvalue weighted by atomic mass is 10.1. The number of halogens is 1. The van der Waals surface area contributed by atoms with Gasteiger partial charge in [-0.15, -0.1) is 0 Å². The van der Waals surface area contributed by atoms with E-state index < -0.39 is 0 Å². The number of rotatable bonds is 3. The molecule has 1 N–H and O–H groups in total. The maximum atomic E-state index is 12.4. The summed E-state index contributed by atoms with van der Waals surface area (Å²) in [6.45, 7) is 5.92. The Hall–Kier alpha value is -2.04. The van der Waals surface area contributed by atoms with Gasteiger partial charge in [0.05, 0.1) is 10.7 Å². The maximum absolute atomic E-state index is 12.4. The second kappa shape index (κ2) is 7.24. The van der Waals surface area contributed by atoms with Crippen molar-refractivity contribution in [3.05, 3.63) is 58.6 Å². The van der Waals surface area contributed by atoms with Crippen molar-refractivity contribution in [3.8, 4) is 0 Å². The van der Waals surface area contributed by atoms with E-state index in [1.165, 1.54) is 0 Å². The van der Waals surface area contributed by atoms with Crippen molar-refractivity contribution in [1.82, 2.24) is 4.90 Å². The highest BCUT2D eigenvalue weighted by Crippen LogP contribution is 2.29. The lowest BCUT2D eigenvalue weighted by molar-refractivity contribution is 0.102. The number of hydrogen-bond donors (Lipinski definition) is 1. The molecule has 0 atom stereocenters. The second-order valence-corrected chi connectivity index (χ2v) is 6.63. The number of nitrogens with zero attached hydrogens (tertiary/aromatic N) is 2. The van der Waals surface area contributed by atoms with Crippen molar-refractivity contribution in [2.45, 2.75) is 6.92 Å². The van der Waals surface area contributed by atoms with Gasteiger partial charge in [0.25, 0.3) is 5.91 Å². The molecule has 2 aromatic carbocycles. The van der Waals surface area contributed by atoms with E-state index in [0.717, 1.165) is 37.4 Å². The van der Waals surface area contributed by atoms with E-state index in [2.05, 4.69) is 22.2 Å². The molecular weight excluding hydrogens is 322 g/mol. The van der Waals surface area contributed by atoms with Crippen LogP contribution in [-0.4, -0.2) is 44.0 Å². The van der Waals surface area contributed by atoms with E-state index in [-0.39, 0.29) is 5.91 Å². The van der Waals surface area contributed by atoms with Crippen LogP contribution < -0.4 is 10.2 Å². The number of anilines is 2. The van der Waals surface area contributed by atoms with Gasteiger partial charge in [0.1, 0.15) is 0 Å². The molecule has 4 nitrogen and oxygen atoms in total. The van der Waals surface area contributed by atoms with Crippen LogP contribution in [0.2, 0.25) is 5.02 Å². The maximum Gasteiger partial charge on any atom is 0.255 e. The van der Waals surface area contributed by atoms with Crippen molar-refractivity contribution < 1.29 is 4.79 Å². The summed E-state index contributed by atoms with van der Waals surface area (Å²) in [5.41, 5.74) is 3.37. The van der Waals surface area contributed by atoms with Gasteiger partial charge in [-0.05, 0) is 43.8 Å². The summed E-state index contributed by atoms with van der Waals surface area (Å²) in [5.74, 6) is -0.114. The summed E-state index contributed by atoms with van der Waals surface area (Å²) in [5, 5.41) is 3.60. The molecule has 0 spiro atoms. The number of piperazine rings is 1. The number of amides is 1. The number of carbonyl (C=O) groups excluding carboxylic acids is 1. The normalized spacial score (nSPS) is 15.4. The third-order valence-corrected chi connectivity index (χ3v) is 4.74. The topological polar surface area (TPSA) is 35.6 Å². The Kier molecular flexibility index (Phi) is 5.07. The number of hydrogen-bond acceptors (Lipinski definition) is 3. The zero-order chi connectivity index (χ0) is 17.1. The molecule has 0 radical (unpaired) electrons. The van der Waals surface area contributed by atoms with Crippen LogP contribution in [0.15, 0.2) is 42.5 Å². The first-order valence-electron chi connectivity index (χ1n) is 8.14. The summed E-state index contributed by atoms with van der Waals surface area (Å²) in [6.07, 6.45) is 0. The Labute approximate surface area is 148 Å². The molecule has 1 aliphatic heterocycles. The minimum Gasteiger partial charge on any atom is -0.368 e. The van der Waals surface area contributed by atoms with E-state index in [1.54, 1.807) is 0 Å². The molecular formula is C19H22ClN3O. The van der Waals surface area contributed by atoms with Crippen LogP contribution in [0, 0.1) is 6.92 Å². The molecule has 1 fully saturated rings. The lowest BCUT2D eigenvalue weighted by Crippen LogP contribution is -2.44. The molecule has 0 aliphatic carbocycles. The number of benzene rings is 2. The first kappa shape index (κ1) is 16.8. The van der Waals surface area contributed by atoms with Gasteiger partial charge in [-0.25, -0.2) is 0 Å². The smallest absolute Gasteiger partial charge is 0.255 e. The van der Waals surface area contributed by atoms with Gasteiger partial charge in [0, 0.05) is 37.4 Å². The van der Waals surface area contributed by atoms with Crippen LogP contribution in [0.5, 0.6) is 0 Å². The van der Waals surface area contributed by atoms with Crippen LogP contribution in [-0.2, 0) is 0 Å². The fourth-order valence-electron chi connectivity index (χ4n) is 2.91. The van der Waals surface area contributed by atoms with Gasteiger partial charge in [0.15, 0.2) is 0 Å². The van der Waals surface area contributed by atoms with Crippen LogP contribution in [0.3, 0.4) is 0 Å². The van der Waals surface area contributed by atoms with E-state index in [4.69, 9.17) is 11.6 Å². The Bertz CT molecular complexity index is 739. The van der Waals surface area contributed by atoms with Crippen molar-refractivity contribution in [3.63, 3.8) is 0 Å². The van der Waals surface area contributed by atoms with Crippen LogP contribution in [0.4, 0.5) is 11.4 Å². The highest BCUT2D eigenvalue weighted by Gasteiger charge is 2.17. The van der Waals surface area contributed by atoms with Gasteiger partial charge in [-0.3, -0.25) is 4.79 Å². The second-order valence-electron chi connectivity index (χ2n) is 6.23. The van der Waals surface area contributed by atoms with Crippen LogP contribution in [0.25, 0.3) is 0 Å². The van der Waals surface area contributed by atoms with Crippen LogP contribution in [0.1, 0.15) is 15.9 Å². The number of aryl methyl sites for hydroxylation is 1. The molecule has 0 unspecified atom stereocenters. The monoisotopic (exact) mass is 343 g/mol. The fourth-order valence-corrected chi connectivity index (χ4v) is 3.21. The number of carbonyl (C=O) groups is 1. The van der Waals surface area contributed by atoms with Gasteiger partial charge < -0.3 is 15.1 Å². The molecule has 24 heavy (non-hydrogen) atoms. The molecule has 0 aromatic heterocycles. The lowest BCUT2D eigenvalue weighted by Gasteiger charge is -2.34. The van der Waals surface area contributed by atoms with E-state index >= 15 is 0 Å². The van der Waals surface area contributed by atoms with Crippen molar-refractivity contribution in [1.29, 1.82) is 0 Å². The Morgan fingerprint density at radius 2 is 1.79 bits per heavy atom. The summed E-state index contributed by atoms with van der Waals surface area (Å²) in [4.78, 5) is 17.0. The highest BCUT2D eigenvalue weighted by atomic mass is 35.5. The first-order valence-corrected chi connectivity index (χ1v) is 8.52. The van der Waals surface area contributed by atoms with Gasteiger partial charge in [-0.1, -0.05) is 29.8 Å². The molecule has 1 amide bonds. The molecule has 0 saturated carbocycles. The molecule has 1 aliphatic rings. The molecule has 0 bridgehead atoms. The van der Waals surface area contributed by atoms with Crippen LogP contribution >= 0.6 is 11.6 Å². The first-order chi connectivity index (χ1) is 11.5. The van der Waals surface area contributed by atoms with E-state index in [0.29, 0.717) is 16.3 Å². The van der Waals surface area contributed by atoms with Gasteiger partial charge >= 0.3 is 0 Å². The SMILES string of the molecule is Cc1ccccc1C(=O)Nc1ccc(N2CCN(C)CC2)c(Cl)c1. The van der Waals surface area contributed by atoms with Gasteiger partial charge in [0.2, 0.25) is 0 Å². The predicted molar refractivity (Wildman–Crippen MR) is 100 cm³/mol. The zero-order valence-electron chi connectivity index (χ0n) is 14.1. The fraction of sp³-hybridized carbons (Fsp3) is 0.316. The summed E-state index contributed by atoms with van der Waals surface area (Å²) < 4.78 is 0. The quantitative estimate of drug-likeness (QED) is 0.924. The van der Waals surface area contributed by atoms with E-state index in [9.17, 15) is 4.79 Å². The Balaban J connectivity index is 1.73. The Morgan fingerprint density at radius 3 is 2.46 bits per heavy atom. The molecule has 5 heteroatoms. The minimum absolute atomic E-state index is 0.114. The van der Waals surface area contributed by atoms with Crippen molar-refractivity contribution in [2.75, 3.05) is 43.4 Å². The predicted octanol–water partition coefficient (Wildman–Crippen LogP) is 3.65. The van der Waals surface area contributed by atoms with Crippen molar-refractivity contribution in [2.24, 2.45) is 0 Å². The van der Waals surface area contributed by atoms with Crippen molar-refractivity contribution >= 4 is 28.9 Å². The largest absolute Gasteiger partial charge is 0.368 e. The summed E-state index contributed by atoms with van der Waals surface area (Å²) >= 11 is 6.45. The summed E-state index contributed by atoms with van der Waals surface area (Å²) in [7, 11) is 2.13. The standard InChI is InChI=1S/C19H22ClN3O/c1-14-5-3-4-6-16(14)19(24)21-15-7-8-18(17(20)13-15)23-11-9-22(2)10-12-23/h3-8,13H,9-12H2,1-2H3,(H,21,24). The summed E-state index contributed by atoms with van der Waals surface area (Å²) in [6, 6.07) is 13.3. The van der Waals surface area contributed by atoms with Gasteiger partial charge in [-0.2, -0.15) is 0 Å². The molecule has 1 heterocycles. The van der Waals surface area contributed by atoms with E-state index in [1.807, 2.05) is 49.4 Å².